The van der Waals surface area contributed by atoms with Crippen LogP contribution in [0.15, 0.2) is 53.3 Å². The number of hydrogen-bond acceptors (Lipinski definition) is 6. The van der Waals surface area contributed by atoms with Crippen molar-refractivity contribution in [2.24, 2.45) is 0 Å². The molecule has 1 aromatic heterocycles. The lowest BCUT2D eigenvalue weighted by Gasteiger charge is -2.09. The maximum absolute atomic E-state index is 12.3. The van der Waals surface area contributed by atoms with Crippen LogP contribution >= 0.6 is 0 Å². The van der Waals surface area contributed by atoms with Crippen molar-refractivity contribution >= 4 is 22.7 Å². The molecule has 0 unspecified atom stereocenters. The molecule has 0 spiro atoms. The van der Waals surface area contributed by atoms with Crippen molar-refractivity contribution < 1.29 is 14.3 Å². The summed E-state index contributed by atoms with van der Waals surface area (Å²) in [4.78, 5) is 36.3. The summed E-state index contributed by atoms with van der Waals surface area (Å²) in [5.74, 6) is -0.461. The molecule has 3 aromatic rings. The lowest BCUT2D eigenvalue weighted by Crippen LogP contribution is -2.44. The number of nitrogens with one attached hydrogen (secondary N) is 2. The molecule has 2 N–H and O–H groups in total. The molecule has 27 heavy (non-hydrogen) atoms. The largest absolute Gasteiger partial charge is 0.494 e. The number of hydrogen-bond donors (Lipinski definition) is 2. The Hall–Kier alpha value is -3.75. The first kappa shape index (κ1) is 18.1. The zero-order chi connectivity index (χ0) is 19.2. The highest BCUT2D eigenvalue weighted by Gasteiger charge is 2.11. The van der Waals surface area contributed by atoms with Crippen molar-refractivity contribution in [1.82, 2.24) is 25.8 Å². The normalized spacial score (nSPS) is 10.4. The Morgan fingerprint density at radius 2 is 1.81 bits per heavy atom. The van der Waals surface area contributed by atoms with Crippen LogP contribution in [-0.2, 0) is 11.3 Å². The van der Waals surface area contributed by atoms with Crippen molar-refractivity contribution in [2.75, 3.05) is 6.61 Å². The molecule has 0 aliphatic rings. The van der Waals surface area contributed by atoms with Gasteiger partial charge in [-0.1, -0.05) is 17.3 Å². The zero-order valence-electron chi connectivity index (χ0n) is 14.5. The summed E-state index contributed by atoms with van der Waals surface area (Å²) in [6.07, 6.45) is 0. The fraction of sp³-hybridized carbons (Fsp3) is 0.167. The van der Waals surface area contributed by atoms with Gasteiger partial charge in [-0.2, -0.15) is 0 Å². The molecule has 0 bridgehead atoms. The molecule has 9 heteroatoms. The number of amides is 2. The van der Waals surface area contributed by atoms with Crippen LogP contribution in [0, 0.1) is 0 Å². The van der Waals surface area contributed by atoms with Gasteiger partial charge in [-0.15, -0.1) is 5.10 Å². The van der Waals surface area contributed by atoms with Crippen LogP contribution in [0.4, 0.5) is 0 Å². The summed E-state index contributed by atoms with van der Waals surface area (Å²) in [7, 11) is 0. The molecule has 0 aliphatic carbocycles. The average molecular weight is 367 g/mol. The predicted octanol–water partition coefficient (Wildman–Crippen LogP) is 0.651. The van der Waals surface area contributed by atoms with Gasteiger partial charge in [0.1, 0.15) is 17.8 Å². The van der Waals surface area contributed by atoms with E-state index in [-0.39, 0.29) is 6.54 Å². The van der Waals surface area contributed by atoms with Crippen LogP contribution < -0.4 is 21.1 Å². The number of nitrogens with zero attached hydrogens (tertiary/aromatic N) is 3. The van der Waals surface area contributed by atoms with Crippen LogP contribution in [0.5, 0.6) is 5.75 Å². The van der Waals surface area contributed by atoms with Gasteiger partial charge in [-0.05, 0) is 43.3 Å². The maximum atomic E-state index is 12.3. The van der Waals surface area contributed by atoms with Gasteiger partial charge in [0.25, 0.3) is 17.4 Å². The number of fused-ring (bicyclic) bond motifs is 1. The Morgan fingerprint density at radius 1 is 1.07 bits per heavy atom. The maximum Gasteiger partial charge on any atom is 0.278 e. The second kappa shape index (κ2) is 8.09. The Kier molecular flexibility index (Phi) is 5.41. The first-order chi connectivity index (χ1) is 13.1. The second-order valence-electron chi connectivity index (χ2n) is 5.53. The molecule has 0 atom stereocenters. The Balaban J connectivity index is 1.60. The molecule has 3 rings (SSSR count). The molecular weight excluding hydrogens is 350 g/mol. The van der Waals surface area contributed by atoms with Gasteiger partial charge in [0.05, 0.1) is 12.0 Å². The number of benzene rings is 2. The smallest absolute Gasteiger partial charge is 0.278 e. The molecule has 2 aromatic carbocycles. The van der Waals surface area contributed by atoms with Crippen LogP contribution in [0.25, 0.3) is 10.9 Å². The fourth-order valence-electron chi connectivity index (χ4n) is 2.37. The number of rotatable bonds is 5. The highest BCUT2D eigenvalue weighted by molar-refractivity contribution is 5.95. The van der Waals surface area contributed by atoms with Gasteiger partial charge in [0.15, 0.2) is 0 Å². The third-order valence-corrected chi connectivity index (χ3v) is 3.67. The van der Waals surface area contributed by atoms with Crippen LogP contribution in [0.2, 0.25) is 0 Å². The van der Waals surface area contributed by atoms with E-state index in [4.69, 9.17) is 4.74 Å². The third-order valence-electron chi connectivity index (χ3n) is 3.67. The predicted molar refractivity (Wildman–Crippen MR) is 97.0 cm³/mol. The Labute approximate surface area is 153 Å². The van der Waals surface area contributed by atoms with Crippen LogP contribution in [0.3, 0.4) is 0 Å². The first-order valence-electron chi connectivity index (χ1n) is 8.23. The van der Waals surface area contributed by atoms with Crippen molar-refractivity contribution in [3.8, 4) is 5.75 Å². The van der Waals surface area contributed by atoms with Crippen LogP contribution in [0.1, 0.15) is 17.3 Å². The van der Waals surface area contributed by atoms with Gasteiger partial charge in [-0.25, -0.2) is 4.68 Å². The minimum absolute atomic E-state index is 0.349. The molecule has 0 fully saturated rings. The van der Waals surface area contributed by atoms with Crippen LogP contribution in [-0.4, -0.2) is 33.4 Å². The lowest BCUT2D eigenvalue weighted by molar-refractivity contribution is -0.122. The van der Waals surface area contributed by atoms with E-state index in [2.05, 4.69) is 21.2 Å². The summed E-state index contributed by atoms with van der Waals surface area (Å²) >= 11 is 0. The van der Waals surface area contributed by atoms with E-state index < -0.39 is 17.4 Å². The minimum atomic E-state index is -0.610. The monoisotopic (exact) mass is 367 g/mol. The summed E-state index contributed by atoms with van der Waals surface area (Å²) in [5.41, 5.74) is 4.89. The summed E-state index contributed by atoms with van der Waals surface area (Å²) < 4.78 is 6.23. The Morgan fingerprint density at radius 3 is 2.56 bits per heavy atom. The van der Waals surface area contributed by atoms with Crippen molar-refractivity contribution in [1.29, 1.82) is 0 Å². The molecule has 0 aliphatic heterocycles. The number of aromatic nitrogens is 3. The van der Waals surface area contributed by atoms with Crippen molar-refractivity contribution in [3.63, 3.8) is 0 Å². The number of hydrazine groups is 1. The molecule has 9 nitrogen and oxygen atoms in total. The van der Waals surface area contributed by atoms with E-state index in [9.17, 15) is 14.4 Å². The lowest BCUT2D eigenvalue weighted by atomic mass is 10.2. The standard InChI is InChI=1S/C18H17N5O4/c1-2-27-13-9-7-12(8-10-13)17(25)21-20-16(24)11-23-18(26)14-5-3-4-6-15(14)19-22-23/h3-10H,2,11H2,1H3,(H,20,24)(H,21,25). The van der Waals surface area contributed by atoms with E-state index in [0.717, 1.165) is 4.68 Å². The van der Waals surface area contributed by atoms with Gasteiger partial charge in [0, 0.05) is 5.56 Å². The molecule has 2 amide bonds. The van der Waals surface area contributed by atoms with Crippen molar-refractivity contribution in [3.05, 3.63) is 64.4 Å². The number of carbonyl (C=O) groups is 2. The summed E-state index contributed by atoms with van der Waals surface area (Å²) in [6.45, 7) is 2.01. The first-order valence-corrected chi connectivity index (χ1v) is 8.23. The van der Waals surface area contributed by atoms with Gasteiger partial charge in [0.2, 0.25) is 0 Å². The fourth-order valence-corrected chi connectivity index (χ4v) is 2.37. The SMILES string of the molecule is CCOc1ccc(C(=O)NNC(=O)Cn2nnc3ccccc3c2=O)cc1. The van der Waals surface area contributed by atoms with Gasteiger partial charge in [-0.3, -0.25) is 25.2 Å². The van der Waals surface area contributed by atoms with E-state index >= 15 is 0 Å². The highest BCUT2D eigenvalue weighted by Crippen LogP contribution is 2.11. The molecule has 0 radical (unpaired) electrons. The van der Waals surface area contributed by atoms with Gasteiger partial charge >= 0.3 is 0 Å². The average Bonchev–Trinajstić information content (AvgIpc) is 2.69. The third kappa shape index (κ3) is 4.27. The molecule has 0 saturated carbocycles. The summed E-state index contributed by atoms with van der Waals surface area (Å²) in [5, 5.41) is 7.98. The molecule has 138 valence electrons. The minimum Gasteiger partial charge on any atom is -0.494 e. The molecule has 1 heterocycles. The zero-order valence-corrected chi connectivity index (χ0v) is 14.5. The van der Waals surface area contributed by atoms with E-state index in [1.165, 1.54) is 0 Å². The topological polar surface area (TPSA) is 115 Å². The van der Waals surface area contributed by atoms with E-state index in [0.29, 0.717) is 28.8 Å². The Bertz CT molecular complexity index is 1030. The van der Waals surface area contributed by atoms with E-state index in [1.807, 2.05) is 6.92 Å². The summed E-state index contributed by atoms with van der Waals surface area (Å²) in [6, 6.07) is 13.2. The number of ether oxygens (including phenoxy) is 1. The second-order valence-corrected chi connectivity index (χ2v) is 5.53. The molecular formula is C18H17N5O4. The van der Waals surface area contributed by atoms with Crippen molar-refractivity contribution in [2.45, 2.75) is 13.5 Å². The van der Waals surface area contributed by atoms with E-state index in [1.54, 1.807) is 48.5 Å². The van der Waals surface area contributed by atoms with Gasteiger partial charge < -0.3 is 4.74 Å². The highest BCUT2D eigenvalue weighted by atomic mass is 16.5. The quantitative estimate of drug-likeness (QED) is 0.640. The number of carbonyl (C=O) groups excluding carboxylic acids is 2. The molecule has 0 saturated heterocycles.